The third-order valence-corrected chi connectivity index (χ3v) is 19.6. The number of benzene rings is 11. The molecule has 0 aromatic heterocycles. The minimum Gasteiger partial charge on any atom is -0.310 e. The summed E-state index contributed by atoms with van der Waals surface area (Å²) in [5, 5.41) is 0. The van der Waals surface area contributed by atoms with Crippen LogP contribution in [0, 0.1) is 55.4 Å². The van der Waals surface area contributed by atoms with Crippen LogP contribution in [0.4, 0.5) is 34.1 Å². The van der Waals surface area contributed by atoms with Crippen LogP contribution in [0.25, 0.3) is 66.8 Å². The van der Waals surface area contributed by atoms with Gasteiger partial charge in [0.2, 0.25) is 0 Å². The molecule has 0 aliphatic heterocycles. The van der Waals surface area contributed by atoms with Gasteiger partial charge in [-0.05, 0) is 289 Å². The van der Waals surface area contributed by atoms with E-state index in [9.17, 15) is 0 Å². The van der Waals surface area contributed by atoms with Crippen LogP contribution in [0.15, 0.2) is 218 Å². The number of hydrogen-bond acceptors (Lipinski definition) is 2. The Kier molecular flexibility index (Phi) is 21.8. The second kappa shape index (κ2) is 30.8. The first-order valence-corrected chi connectivity index (χ1v) is 35.5. The lowest BCUT2D eigenvalue weighted by Crippen LogP contribution is -2.10. The number of rotatable bonds is 26. The molecule has 11 rings (SSSR count). The second-order valence-electron chi connectivity index (χ2n) is 27.1. The molecule has 0 spiro atoms. The number of nitrogens with zero attached hydrogens (tertiary/aromatic N) is 2. The molecule has 0 aliphatic rings. The highest BCUT2D eigenvalue weighted by Crippen LogP contribution is 2.45. The smallest absolute Gasteiger partial charge is 0.0464 e. The minimum absolute atomic E-state index is 1.03. The summed E-state index contributed by atoms with van der Waals surface area (Å²) in [4.78, 5) is 4.91. The van der Waals surface area contributed by atoms with Crippen LogP contribution in [0.3, 0.4) is 0 Å². The van der Waals surface area contributed by atoms with E-state index < -0.39 is 0 Å². The predicted octanol–water partition coefficient (Wildman–Crippen LogP) is 27.2. The van der Waals surface area contributed by atoms with Gasteiger partial charge in [0, 0.05) is 34.1 Å². The topological polar surface area (TPSA) is 6.48 Å². The highest BCUT2D eigenvalue weighted by Gasteiger charge is 2.22. The molecule has 11 aromatic carbocycles. The van der Waals surface area contributed by atoms with E-state index >= 15 is 0 Å². The van der Waals surface area contributed by atoms with E-state index in [1.165, 1.54) is 172 Å². The lowest BCUT2D eigenvalue weighted by Gasteiger charge is -2.28. The van der Waals surface area contributed by atoms with Gasteiger partial charge in [0.15, 0.2) is 0 Å². The highest BCUT2D eigenvalue weighted by atomic mass is 15.1. The van der Waals surface area contributed by atoms with E-state index in [2.05, 4.69) is 311 Å². The number of hydrogen-bond donors (Lipinski definition) is 0. The van der Waals surface area contributed by atoms with Crippen molar-refractivity contribution >= 4 is 34.1 Å². The van der Waals surface area contributed by atoms with Crippen LogP contribution in [-0.2, 0) is 25.7 Å². The van der Waals surface area contributed by atoms with E-state index in [1.54, 1.807) is 0 Å². The molecule has 2 heteroatoms. The molecule has 0 saturated heterocycles. The average Bonchev–Trinajstić information content (AvgIpc) is 0.792. The summed E-state index contributed by atoms with van der Waals surface area (Å²) in [6.07, 6.45) is 16.3. The molecule has 0 amide bonds. The monoisotopic (exact) mass is 1230 g/mol. The summed E-state index contributed by atoms with van der Waals surface area (Å²) in [6, 6.07) is 84.0. The molecule has 0 unspecified atom stereocenters. The molecule has 0 bridgehead atoms. The first-order chi connectivity index (χ1) is 45.7. The zero-order chi connectivity index (χ0) is 65.8. The number of aryl methyl sites for hydroxylation is 12. The van der Waals surface area contributed by atoms with Crippen molar-refractivity contribution in [3.8, 4) is 66.8 Å². The quantitative estimate of drug-likeness (QED) is 0.0499. The molecule has 478 valence electrons. The van der Waals surface area contributed by atoms with Gasteiger partial charge in [0.05, 0.1) is 0 Å². The third-order valence-electron chi connectivity index (χ3n) is 19.6. The van der Waals surface area contributed by atoms with Crippen molar-refractivity contribution in [3.63, 3.8) is 0 Å². The largest absolute Gasteiger partial charge is 0.310 e. The molecule has 0 aliphatic carbocycles. The zero-order valence-corrected chi connectivity index (χ0v) is 58.6. The lowest BCUT2D eigenvalue weighted by atomic mass is 9.84. The molecule has 0 radical (unpaired) electrons. The summed E-state index contributed by atoms with van der Waals surface area (Å²) in [5.41, 5.74) is 38.5. The van der Waals surface area contributed by atoms with Gasteiger partial charge in [-0.15, -0.1) is 0 Å². The predicted molar refractivity (Wildman–Crippen MR) is 410 cm³/mol. The maximum absolute atomic E-state index is 2.62. The normalized spacial score (nSPS) is 11.4. The summed E-state index contributed by atoms with van der Waals surface area (Å²) in [5.74, 6) is 0. The number of anilines is 6. The third kappa shape index (κ3) is 15.3. The van der Waals surface area contributed by atoms with Crippen LogP contribution < -0.4 is 9.80 Å². The van der Waals surface area contributed by atoms with Gasteiger partial charge < -0.3 is 9.80 Å². The van der Waals surface area contributed by atoms with Crippen LogP contribution in [0.5, 0.6) is 0 Å². The van der Waals surface area contributed by atoms with Crippen LogP contribution in [0.1, 0.15) is 159 Å². The van der Waals surface area contributed by atoms with Crippen LogP contribution in [0.2, 0.25) is 0 Å². The van der Waals surface area contributed by atoms with Crippen molar-refractivity contribution in [3.05, 3.63) is 285 Å². The summed E-state index contributed by atoms with van der Waals surface area (Å²) >= 11 is 0. The molecule has 0 fully saturated rings. The first kappa shape index (κ1) is 66.5. The van der Waals surface area contributed by atoms with Gasteiger partial charge >= 0.3 is 0 Å². The minimum atomic E-state index is 1.03. The van der Waals surface area contributed by atoms with Crippen molar-refractivity contribution in [2.45, 2.75) is 173 Å². The maximum Gasteiger partial charge on any atom is 0.0464 e. The molecular weight excluding hydrogens is 1130 g/mol. The van der Waals surface area contributed by atoms with Crippen molar-refractivity contribution in [2.24, 2.45) is 0 Å². The standard InChI is InChI=1S/C92H100N2/c1-13-17-19-21-25-79-61-90(88-54-52-86(60-66(88)8)94(82-45-37-76(38-46-82)74-33-29-64(6)30-34-74)84-49-41-78(42-50-84)92-69(11)57-72(24-16-4)58-70(92)12)80(26-22-20-18-14-2)62-89(79)87-53-51-85(59-65(87)7)93(81-43-35-75(36-44-81)73-31-27-63(5)28-32-73)83-47-39-77(40-48-83)91-67(9)55-71(23-15-3)56-68(91)10/h27-62H,13-26H2,1-12H3. The average molecular weight is 1230 g/mol. The van der Waals surface area contributed by atoms with Crippen LogP contribution >= 0.6 is 0 Å². The summed E-state index contributed by atoms with van der Waals surface area (Å²) in [7, 11) is 0. The van der Waals surface area contributed by atoms with E-state index in [1.807, 2.05) is 0 Å². The molecule has 94 heavy (non-hydrogen) atoms. The first-order valence-electron chi connectivity index (χ1n) is 35.5. The van der Waals surface area contributed by atoms with E-state index in [0.717, 1.165) is 85.5 Å². The maximum atomic E-state index is 2.62. The molecule has 0 N–H and O–H groups in total. The van der Waals surface area contributed by atoms with Gasteiger partial charge in [-0.1, -0.05) is 236 Å². The molecule has 2 nitrogen and oxygen atoms in total. The van der Waals surface area contributed by atoms with Gasteiger partial charge in [0.1, 0.15) is 0 Å². The van der Waals surface area contributed by atoms with Crippen molar-refractivity contribution in [1.29, 1.82) is 0 Å². The SMILES string of the molecule is CCCCCCc1cc(-c2ccc(N(c3ccc(-c4ccc(C)cc4)cc3)c3ccc(-c4c(C)cc(CCC)cc4C)cc3)cc2C)c(CCCCCC)cc1-c1ccc(N(c2ccc(-c3ccc(C)cc3)cc2)c2ccc(-c3c(C)cc(CCC)cc3C)cc2)cc1C. The van der Waals surface area contributed by atoms with Crippen LogP contribution in [-0.4, -0.2) is 0 Å². The Hall–Kier alpha value is -8.98. The molecular formula is C92H100N2. The fraction of sp³-hybridized carbons (Fsp3) is 0.283. The lowest BCUT2D eigenvalue weighted by molar-refractivity contribution is 0.664. The molecule has 0 atom stereocenters. The van der Waals surface area contributed by atoms with Gasteiger partial charge in [-0.2, -0.15) is 0 Å². The van der Waals surface area contributed by atoms with E-state index in [0.29, 0.717) is 0 Å². The Balaban J connectivity index is 0.990. The molecule has 11 aromatic rings. The summed E-state index contributed by atoms with van der Waals surface area (Å²) in [6.45, 7) is 27.3. The van der Waals surface area contributed by atoms with Gasteiger partial charge in [-0.25, -0.2) is 0 Å². The Morgan fingerprint density at radius 3 is 0.798 bits per heavy atom. The number of unbranched alkanes of at least 4 members (excludes halogenated alkanes) is 6. The van der Waals surface area contributed by atoms with Crippen molar-refractivity contribution in [2.75, 3.05) is 9.80 Å². The highest BCUT2D eigenvalue weighted by molar-refractivity contribution is 5.87. The van der Waals surface area contributed by atoms with E-state index in [4.69, 9.17) is 0 Å². The zero-order valence-electron chi connectivity index (χ0n) is 58.6. The Bertz CT molecular complexity index is 4000. The Labute approximate surface area is 565 Å². The fourth-order valence-electron chi connectivity index (χ4n) is 14.7. The van der Waals surface area contributed by atoms with Crippen molar-refractivity contribution in [1.82, 2.24) is 0 Å². The van der Waals surface area contributed by atoms with Gasteiger partial charge in [-0.3, -0.25) is 0 Å². The molecule has 0 heterocycles. The van der Waals surface area contributed by atoms with Gasteiger partial charge in [0.25, 0.3) is 0 Å². The molecule has 0 saturated carbocycles. The fourth-order valence-corrected chi connectivity index (χ4v) is 14.7. The van der Waals surface area contributed by atoms with E-state index in [-0.39, 0.29) is 0 Å². The van der Waals surface area contributed by atoms with Crippen molar-refractivity contribution < 1.29 is 0 Å². The Morgan fingerprint density at radius 1 is 0.223 bits per heavy atom. The Morgan fingerprint density at radius 2 is 0.511 bits per heavy atom. The summed E-state index contributed by atoms with van der Waals surface area (Å²) < 4.78 is 0. The second-order valence-corrected chi connectivity index (χ2v) is 27.1.